The molecule has 3 rings (SSSR count). The van der Waals surface area contributed by atoms with Gasteiger partial charge in [0.25, 0.3) is 5.91 Å². The van der Waals surface area contributed by atoms with Gasteiger partial charge in [0, 0.05) is 0 Å². The molecule has 0 radical (unpaired) electrons. The van der Waals surface area contributed by atoms with Crippen molar-refractivity contribution < 1.29 is 23.5 Å². The Hall–Kier alpha value is -2.71. The van der Waals surface area contributed by atoms with Gasteiger partial charge in [0.05, 0.1) is 27.4 Å². The van der Waals surface area contributed by atoms with E-state index in [1.165, 1.54) is 17.4 Å². The van der Waals surface area contributed by atoms with Crippen molar-refractivity contribution in [3.8, 4) is 5.75 Å². The van der Waals surface area contributed by atoms with Gasteiger partial charge in [-0.25, -0.2) is 14.2 Å². The molecule has 6 nitrogen and oxygen atoms in total. The average Bonchev–Trinajstić information content (AvgIpc) is 3.01. The molecule has 140 valence electrons. The number of esters is 1. The monoisotopic (exact) mass is 408 g/mol. The van der Waals surface area contributed by atoms with Crippen LogP contribution in [0.4, 0.5) is 9.52 Å². The second kappa shape index (κ2) is 8.32. The van der Waals surface area contributed by atoms with Crippen molar-refractivity contribution in [1.82, 2.24) is 4.98 Å². The van der Waals surface area contributed by atoms with Crippen molar-refractivity contribution in [1.29, 1.82) is 0 Å². The molecular weight excluding hydrogens is 395 g/mol. The zero-order valence-corrected chi connectivity index (χ0v) is 15.7. The van der Waals surface area contributed by atoms with Gasteiger partial charge in [-0.05, 0) is 43.3 Å². The molecule has 1 N–H and O–H groups in total. The Balaban J connectivity index is 1.60. The number of hydrogen-bond acceptors (Lipinski definition) is 6. The number of aromatic nitrogens is 1. The molecular formula is C18H14ClFN2O4S. The summed E-state index contributed by atoms with van der Waals surface area (Å²) in [6.45, 7) is 1.92. The number of halogens is 2. The molecule has 27 heavy (non-hydrogen) atoms. The van der Waals surface area contributed by atoms with Crippen molar-refractivity contribution in [3.63, 3.8) is 0 Å². The first-order valence-corrected chi connectivity index (χ1v) is 9.11. The van der Waals surface area contributed by atoms with Crippen LogP contribution in [-0.2, 0) is 9.53 Å². The van der Waals surface area contributed by atoms with Gasteiger partial charge >= 0.3 is 5.97 Å². The van der Waals surface area contributed by atoms with Crippen molar-refractivity contribution in [3.05, 3.63) is 52.8 Å². The zero-order valence-electron chi connectivity index (χ0n) is 14.1. The van der Waals surface area contributed by atoms with Crippen molar-refractivity contribution in [2.24, 2.45) is 0 Å². The molecule has 0 aliphatic rings. The number of anilines is 1. The largest absolute Gasteiger partial charge is 0.494 e. The predicted octanol–water partition coefficient (Wildman–Crippen LogP) is 4.28. The molecule has 0 spiro atoms. The molecule has 0 saturated heterocycles. The summed E-state index contributed by atoms with van der Waals surface area (Å²) in [6, 6.07) is 8.70. The molecule has 0 fully saturated rings. The molecule has 3 aromatic rings. The van der Waals surface area contributed by atoms with E-state index in [0.29, 0.717) is 17.3 Å². The molecule has 2 aromatic carbocycles. The van der Waals surface area contributed by atoms with Crippen LogP contribution in [0.25, 0.3) is 10.2 Å². The first-order chi connectivity index (χ1) is 13.0. The molecule has 1 aromatic heterocycles. The number of amides is 1. The van der Waals surface area contributed by atoms with Crippen LogP contribution in [-0.4, -0.2) is 30.1 Å². The van der Waals surface area contributed by atoms with Crippen LogP contribution >= 0.6 is 22.9 Å². The lowest BCUT2D eigenvalue weighted by molar-refractivity contribution is -0.119. The normalized spacial score (nSPS) is 10.6. The lowest BCUT2D eigenvalue weighted by atomic mass is 10.2. The number of ether oxygens (including phenoxy) is 2. The fourth-order valence-electron chi connectivity index (χ4n) is 2.23. The van der Waals surface area contributed by atoms with Gasteiger partial charge in [-0.1, -0.05) is 22.9 Å². The number of nitrogens with zero attached hydrogens (tertiary/aromatic N) is 1. The minimum absolute atomic E-state index is 0.0192. The summed E-state index contributed by atoms with van der Waals surface area (Å²) in [5.41, 5.74) is 0.697. The molecule has 9 heteroatoms. The first-order valence-electron chi connectivity index (χ1n) is 7.91. The minimum Gasteiger partial charge on any atom is -0.494 e. The van der Waals surface area contributed by atoms with Gasteiger partial charge in [0.1, 0.15) is 11.6 Å². The Morgan fingerprint density at radius 3 is 2.81 bits per heavy atom. The summed E-state index contributed by atoms with van der Waals surface area (Å²) in [5, 5.41) is 2.86. The first kappa shape index (κ1) is 19.1. The fourth-order valence-corrected chi connectivity index (χ4v) is 3.39. The fraction of sp³-hybridized carbons (Fsp3) is 0.167. The Kier molecular flexibility index (Phi) is 5.88. The number of carbonyl (C=O) groups is 2. The van der Waals surface area contributed by atoms with Crippen molar-refractivity contribution >= 4 is 50.2 Å². The highest BCUT2D eigenvalue weighted by molar-refractivity contribution is 7.22. The molecule has 0 unspecified atom stereocenters. The Bertz CT molecular complexity index is 1010. The molecule has 0 saturated carbocycles. The smallest absolute Gasteiger partial charge is 0.340 e. The second-order valence-corrected chi connectivity index (χ2v) is 6.77. The Morgan fingerprint density at radius 2 is 2.07 bits per heavy atom. The number of hydrogen-bond donors (Lipinski definition) is 1. The lowest BCUT2D eigenvalue weighted by Gasteiger charge is -2.06. The van der Waals surface area contributed by atoms with E-state index in [9.17, 15) is 14.0 Å². The third kappa shape index (κ3) is 4.72. The number of thiazole rings is 1. The quantitative estimate of drug-likeness (QED) is 0.616. The summed E-state index contributed by atoms with van der Waals surface area (Å²) in [7, 11) is 0. The maximum absolute atomic E-state index is 13.0. The number of nitrogens with one attached hydrogen (secondary N) is 1. The van der Waals surface area contributed by atoms with E-state index in [1.807, 2.05) is 13.0 Å². The van der Waals surface area contributed by atoms with Crippen molar-refractivity contribution in [2.75, 3.05) is 18.5 Å². The van der Waals surface area contributed by atoms with E-state index in [4.69, 9.17) is 21.1 Å². The van der Waals surface area contributed by atoms with Crippen molar-refractivity contribution in [2.45, 2.75) is 6.92 Å². The van der Waals surface area contributed by atoms with E-state index in [0.717, 1.165) is 22.6 Å². The Morgan fingerprint density at radius 1 is 1.26 bits per heavy atom. The maximum Gasteiger partial charge on any atom is 0.340 e. The molecule has 1 heterocycles. The highest BCUT2D eigenvalue weighted by atomic mass is 35.5. The highest BCUT2D eigenvalue weighted by Gasteiger charge is 2.15. The molecule has 0 bridgehead atoms. The van der Waals surface area contributed by atoms with E-state index >= 15 is 0 Å². The number of carbonyl (C=O) groups excluding carboxylic acids is 2. The standard InChI is InChI=1S/C18H14ClFN2O4S/c1-2-25-11-4-6-14-15(8-11)27-18(21-14)22-16(23)9-26-17(24)12-5-3-10(20)7-13(12)19/h3-8H,2,9H2,1H3,(H,21,22,23). The van der Waals surface area contributed by atoms with E-state index < -0.39 is 24.3 Å². The van der Waals surface area contributed by atoms with Crippen LogP contribution in [0, 0.1) is 5.82 Å². The van der Waals surface area contributed by atoms with Crippen LogP contribution < -0.4 is 10.1 Å². The topological polar surface area (TPSA) is 77.5 Å². The van der Waals surface area contributed by atoms with Gasteiger partial charge < -0.3 is 9.47 Å². The number of fused-ring (bicyclic) bond motifs is 1. The Labute approximate surface area is 162 Å². The van der Waals surface area contributed by atoms with Crippen LogP contribution in [0.2, 0.25) is 5.02 Å². The van der Waals surface area contributed by atoms with E-state index in [2.05, 4.69) is 10.3 Å². The van der Waals surface area contributed by atoms with Crippen LogP contribution in [0.5, 0.6) is 5.75 Å². The summed E-state index contributed by atoms with van der Waals surface area (Å²) in [4.78, 5) is 28.2. The van der Waals surface area contributed by atoms with Gasteiger partial charge in [0.15, 0.2) is 11.7 Å². The number of benzene rings is 2. The summed E-state index contributed by atoms with van der Waals surface area (Å²) < 4.78 is 24.2. The minimum atomic E-state index is -0.819. The van der Waals surface area contributed by atoms with Gasteiger partial charge in [-0.15, -0.1) is 0 Å². The van der Waals surface area contributed by atoms with E-state index in [1.54, 1.807) is 12.1 Å². The van der Waals surface area contributed by atoms with Crippen LogP contribution in [0.1, 0.15) is 17.3 Å². The van der Waals surface area contributed by atoms with E-state index in [-0.39, 0.29) is 10.6 Å². The SMILES string of the molecule is CCOc1ccc2nc(NC(=O)COC(=O)c3ccc(F)cc3Cl)sc2c1. The number of rotatable bonds is 6. The molecule has 0 atom stereocenters. The average molecular weight is 409 g/mol. The van der Waals surface area contributed by atoms with Crippen LogP contribution in [0.3, 0.4) is 0 Å². The highest BCUT2D eigenvalue weighted by Crippen LogP contribution is 2.29. The summed E-state index contributed by atoms with van der Waals surface area (Å²) >= 11 is 7.06. The lowest BCUT2D eigenvalue weighted by Crippen LogP contribution is -2.21. The van der Waals surface area contributed by atoms with Gasteiger partial charge in [-0.2, -0.15) is 0 Å². The van der Waals surface area contributed by atoms with Crippen LogP contribution in [0.15, 0.2) is 36.4 Å². The second-order valence-electron chi connectivity index (χ2n) is 5.33. The van der Waals surface area contributed by atoms with Gasteiger partial charge in [0.2, 0.25) is 0 Å². The molecule has 0 aliphatic carbocycles. The third-order valence-electron chi connectivity index (χ3n) is 3.40. The predicted molar refractivity (Wildman–Crippen MR) is 101 cm³/mol. The van der Waals surface area contributed by atoms with Gasteiger partial charge in [-0.3, -0.25) is 10.1 Å². The zero-order chi connectivity index (χ0) is 19.4. The molecule has 1 amide bonds. The third-order valence-corrected chi connectivity index (χ3v) is 4.65. The molecule has 0 aliphatic heterocycles. The summed E-state index contributed by atoms with van der Waals surface area (Å²) in [6.07, 6.45) is 0. The maximum atomic E-state index is 13.0. The summed E-state index contributed by atoms with van der Waals surface area (Å²) in [5.74, 6) is -1.22.